The van der Waals surface area contributed by atoms with E-state index in [0.29, 0.717) is 11.8 Å². The van der Waals surface area contributed by atoms with E-state index in [1.165, 1.54) is 12.8 Å². The molecule has 1 N–H and O–H groups in total. The van der Waals surface area contributed by atoms with Crippen LogP contribution in [0.1, 0.15) is 12.8 Å². The zero-order valence-electron chi connectivity index (χ0n) is 7.61. The Kier molecular flexibility index (Phi) is 1.51. The summed E-state index contributed by atoms with van der Waals surface area (Å²) in [5.41, 5.74) is 0. The molecule has 0 spiro atoms. The molecular formula is C11H14N2. The number of hydrogen-bond acceptors (Lipinski definition) is 2. The largest absolute Gasteiger partial charge is 0.301 e. The van der Waals surface area contributed by atoms with Crippen LogP contribution in [0.25, 0.3) is 0 Å². The summed E-state index contributed by atoms with van der Waals surface area (Å²) in [6.07, 6.45) is 7.40. The maximum absolute atomic E-state index is 9.00. The Balaban J connectivity index is 1.95. The van der Waals surface area contributed by atoms with Gasteiger partial charge in [-0.05, 0) is 36.5 Å². The van der Waals surface area contributed by atoms with Gasteiger partial charge in [0.15, 0.2) is 0 Å². The standard InChI is InChI=1S/C11H14N2/c12-5-10-11-8-3-1-7(2-4-8)9(11)6-13-10/h1,3,7-11,13H,2,4,6H2/t7-,8+,9-,10-,11+/m1/s1. The molecule has 2 nitrogen and oxygen atoms in total. The minimum atomic E-state index is 0.128. The first-order valence-corrected chi connectivity index (χ1v) is 5.21. The number of nitrogens with one attached hydrogen (secondary N) is 1. The van der Waals surface area contributed by atoms with Crippen LogP contribution < -0.4 is 5.32 Å². The van der Waals surface area contributed by atoms with Gasteiger partial charge in [-0.3, -0.25) is 0 Å². The topological polar surface area (TPSA) is 35.8 Å². The summed E-state index contributed by atoms with van der Waals surface area (Å²) in [6, 6.07) is 2.53. The van der Waals surface area contributed by atoms with Crippen molar-refractivity contribution in [3.05, 3.63) is 12.2 Å². The van der Waals surface area contributed by atoms with Crippen LogP contribution in [0.2, 0.25) is 0 Å². The predicted molar refractivity (Wildman–Crippen MR) is 49.7 cm³/mol. The lowest BCUT2D eigenvalue weighted by Gasteiger charge is -2.41. The van der Waals surface area contributed by atoms with Crippen molar-refractivity contribution in [2.45, 2.75) is 18.9 Å². The van der Waals surface area contributed by atoms with E-state index in [2.05, 4.69) is 23.5 Å². The molecule has 1 heterocycles. The number of hydrogen-bond donors (Lipinski definition) is 1. The normalized spacial score (nSPS) is 51.8. The molecule has 0 amide bonds. The molecule has 4 rings (SSSR count). The highest BCUT2D eigenvalue weighted by Crippen LogP contribution is 2.48. The summed E-state index contributed by atoms with van der Waals surface area (Å²) in [6.45, 7) is 1.06. The Labute approximate surface area is 78.6 Å². The van der Waals surface area contributed by atoms with Crippen LogP contribution in [0.5, 0.6) is 0 Å². The molecule has 5 atom stereocenters. The van der Waals surface area contributed by atoms with Gasteiger partial charge in [0.1, 0.15) is 0 Å². The first-order valence-electron chi connectivity index (χ1n) is 5.21. The van der Waals surface area contributed by atoms with Gasteiger partial charge in [0.25, 0.3) is 0 Å². The van der Waals surface area contributed by atoms with Gasteiger partial charge in [-0.25, -0.2) is 0 Å². The Morgan fingerprint density at radius 1 is 1.23 bits per heavy atom. The van der Waals surface area contributed by atoms with Crippen LogP contribution in [0.15, 0.2) is 12.2 Å². The van der Waals surface area contributed by atoms with E-state index in [1.807, 2.05) is 0 Å². The van der Waals surface area contributed by atoms with Gasteiger partial charge in [0.2, 0.25) is 0 Å². The lowest BCUT2D eigenvalue weighted by Crippen LogP contribution is -2.38. The molecule has 1 saturated carbocycles. The maximum atomic E-state index is 9.00. The second kappa shape index (κ2) is 2.59. The van der Waals surface area contributed by atoms with E-state index in [9.17, 15) is 0 Å². The SMILES string of the molecule is N#C[C@H]1NC[C@H]2[C@@H]1[C@H]1C=C[C@@H]2CC1. The molecule has 0 aromatic heterocycles. The third-order valence-electron chi connectivity index (χ3n) is 4.08. The summed E-state index contributed by atoms with van der Waals surface area (Å²) in [5, 5.41) is 12.3. The molecule has 0 aromatic rings. The van der Waals surface area contributed by atoms with Crippen LogP contribution in [-0.4, -0.2) is 12.6 Å². The summed E-state index contributed by atoms with van der Waals surface area (Å²) in [7, 11) is 0. The fourth-order valence-corrected chi connectivity index (χ4v) is 3.46. The third kappa shape index (κ3) is 0.912. The molecule has 3 aliphatic carbocycles. The molecular weight excluding hydrogens is 160 g/mol. The Hall–Kier alpha value is -0.810. The van der Waals surface area contributed by atoms with Crippen molar-refractivity contribution in [1.29, 1.82) is 5.26 Å². The Morgan fingerprint density at radius 3 is 2.69 bits per heavy atom. The van der Waals surface area contributed by atoms with Crippen molar-refractivity contribution < 1.29 is 0 Å². The van der Waals surface area contributed by atoms with Gasteiger partial charge in [-0.15, -0.1) is 0 Å². The van der Waals surface area contributed by atoms with E-state index < -0.39 is 0 Å². The second-order valence-corrected chi connectivity index (χ2v) is 4.55. The predicted octanol–water partition coefficient (Wildman–Crippen LogP) is 1.31. The van der Waals surface area contributed by atoms with Crippen molar-refractivity contribution in [2.24, 2.45) is 23.7 Å². The molecule has 1 aliphatic heterocycles. The molecule has 2 heteroatoms. The fraction of sp³-hybridized carbons (Fsp3) is 0.727. The lowest BCUT2D eigenvalue weighted by atomic mass is 9.62. The summed E-state index contributed by atoms with van der Waals surface area (Å²) in [5.74, 6) is 2.83. The molecule has 13 heavy (non-hydrogen) atoms. The van der Waals surface area contributed by atoms with Gasteiger partial charge in [-0.1, -0.05) is 12.2 Å². The molecule has 1 saturated heterocycles. The van der Waals surface area contributed by atoms with Gasteiger partial charge in [0.05, 0.1) is 12.1 Å². The average molecular weight is 174 g/mol. The lowest BCUT2D eigenvalue weighted by molar-refractivity contribution is 0.157. The van der Waals surface area contributed by atoms with Crippen LogP contribution in [0, 0.1) is 35.0 Å². The number of rotatable bonds is 0. The highest BCUT2D eigenvalue weighted by atomic mass is 15.0. The second-order valence-electron chi connectivity index (χ2n) is 4.55. The molecule has 2 bridgehead atoms. The van der Waals surface area contributed by atoms with E-state index in [1.54, 1.807) is 0 Å². The highest BCUT2D eigenvalue weighted by Gasteiger charge is 2.48. The minimum absolute atomic E-state index is 0.128. The number of allylic oxidation sites excluding steroid dienone is 2. The first-order chi connectivity index (χ1) is 6.40. The highest BCUT2D eigenvalue weighted by molar-refractivity contribution is 5.18. The first kappa shape index (κ1) is 7.58. The number of fused-ring (bicyclic) bond motifs is 1. The Morgan fingerprint density at radius 2 is 2.00 bits per heavy atom. The fourth-order valence-electron chi connectivity index (χ4n) is 3.46. The monoisotopic (exact) mass is 174 g/mol. The molecule has 68 valence electrons. The molecule has 2 fully saturated rings. The molecule has 0 aromatic carbocycles. The zero-order valence-corrected chi connectivity index (χ0v) is 7.61. The average Bonchev–Trinajstić information content (AvgIpc) is 2.64. The van der Waals surface area contributed by atoms with E-state index in [0.717, 1.165) is 18.4 Å². The van der Waals surface area contributed by atoms with Gasteiger partial charge >= 0.3 is 0 Å². The molecule has 0 unspecified atom stereocenters. The van der Waals surface area contributed by atoms with Crippen LogP contribution >= 0.6 is 0 Å². The van der Waals surface area contributed by atoms with Crippen molar-refractivity contribution in [3.8, 4) is 6.07 Å². The molecule has 4 aliphatic rings. The van der Waals surface area contributed by atoms with Crippen molar-refractivity contribution >= 4 is 0 Å². The van der Waals surface area contributed by atoms with E-state index in [4.69, 9.17) is 5.26 Å². The van der Waals surface area contributed by atoms with Crippen molar-refractivity contribution in [3.63, 3.8) is 0 Å². The van der Waals surface area contributed by atoms with Gasteiger partial charge < -0.3 is 5.32 Å². The van der Waals surface area contributed by atoms with E-state index >= 15 is 0 Å². The summed E-state index contributed by atoms with van der Waals surface area (Å²) < 4.78 is 0. The molecule has 0 radical (unpaired) electrons. The zero-order chi connectivity index (χ0) is 8.84. The third-order valence-corrected chi connectivity index (χ3v) is 4.08. The summed E-state index contributed by atoms with van der Waals surface area (Å²) in [4.78, 5) is 0. The minimum Gasteiger partial charge on any atom is -0.301 e. The number of nitrogens with zero attached hydrogens (tertiary/aromatic N) is 1. The van der Waals surface area contributed by atoms with E-state index in [-0.39, 0.29) is 6.04 Å². The quantitative estimate of drug-likeness (QED) is 0.562. The Bertz CT molecular complexity index is 289. The van der Waals surface area contributed by atoms with Crippen LogP contribution in [0.4, 0.5) is 0 Å². The van der Waals surface area contributed by atoms with Gasteiger partial charge in [0, 0.05) is 6.54 Å². The smallest absolute Gasteiger partial charge is 0.0990 e. The van der Waals surface area contributed by atoms with Crippen molar-refractivity contribution in [1.82, 2.24) is 5.32 Å². The number of nitriles is 1. The summed E-state index contributed by atoms with van der Waals surface area (Å²) >= 11 is 0. The van der Waals surface area contributed by atoms with Gasteiger partial charge in [-0.2, -0.15) is 5.26 Å². The van der Waals surface area contributed by atoms with Crippen LogP contribution in [-0.2, 0) is 0 Å². The van der Waals surface area contributed by atoms with Crippen molar-refractivity contribution in [2.75, 3.05) is 6.54 Å². The maximum Gasteiger partial charge on any atom is 0.0990 e. The van der Waals surface area contributed by atoms with Crippen LogP contribution in [0.3, 0.4) is 0 Å².